The van der Waals surface area contributed by atoms with Crippen molar-refractivity contribution in [1.29, 1.82) is 0 Å². The van der Waals surface area contributed by atoms with Crippen LogP contribution in [0.1, 0.15) is 0 Å². The summed E-state index contributed by atoms with van der Waals surface area (Å²) in [6.07, 6.45) is 0. The Balaban J connectivity index is 1.92. The second-order valence-electron chi connectivity index (χ2n) is 4.25. The van der Waals surface area contributed by atoms with Crippen molar-refractivity contribution in [3.8, 4) is 5.75 Å². The Morgan fingerprint density at radius 3 is 2.52 bits per heavy atom. The van der Waals surface area contributed by atoms with E-state index in [1.807, 2.05) is 30.3 Å². The molecule has 2 aromatic carbocycles. The molecule has 0 saturated heterocycles. The van der Waals surface area contributed by atoms with Gasteiger partial charge in [0.1, 0.15) is 12.4 Å². The maximum absolute atomic E-state index is 12.1. The smallest absolute Gasteiger partial charge is 0.241 e. The Kier molecular flexibility index (Phi) is 5.22. The fourth-order valence-electron chi connectivity index (χ4n) is 1.67. The first-order chi connectivity index (χ1) is 9.99. The molecular formula is C14H15BrN2O3S. The largest absolute Gasteiger partial charge is 0.492 e. The average Bonchev–Trinajstić information content (AvgIpc) is 2.44. The van der Waals surface area contributed by atoms with Crippen molar-refractivity contribution >= 4 is 31.6 Å². The second kappa shape index (κ2) is 6.93. The monoisotopic (exact) mass is 370 g/mol. The van der Waals surface area contributed by atoms with Gasteiger partial charge in [-0.15, -0.1) is 0 Å². The predicted octanol–water partition coefficient (Wildman–Crippen LogP) is 2.39. The molecule has 0 unspecified atom stereocenters. The van der Waals surface area contributed by atoms with Gasteiger partial charge in [-0.2, -0.15) is 0 Å². The minimum atomic E-state index is -3.59. The number of benzene rings is 2. The lowest BCUT2D eigenvalue weighted by molar-refractivity contribution is 0.323. The van der Waals surface area contributed by atoms with E-state index in [2.05, 4.69) is 20.7 Å². The Bertz CT molecular complexity index is 705. The van der Waals surface area contributed by atoms with Gasteiger partial charge in [-0.3, -0.25) is 0 Å². The molecule has 0 fully saturated rings. The maximum atomic E-state index is 12.1. The summed E-state index contributed by atoms with van der Waals surface area (Å²) < 4.78 is 32.6. The molecule has 0 aliphatic carbocycles. The van der Waals surface area contributed by atoms with Crippen molar-refractivity contribution in [1.82, 2.24) is 4.72 Å². The SMILES string of the molecule is Nc1ccc(S(=O)(=O)NCCOc2ccccc2)c(Br)c1. The van der Waals surface area contributed by atoms with Crippen molar-refractivity contribution in [3.63, 3.8) is 0 Å². The molecule has 0 atom stereocenters. The summed E-state index contributed by atoms with van der Waals surface area (Å²) in [5, 5.41) is 0. The van der Waals surface area contributed by atoms with E-state index < -0.39 is 10.0 Å². The number of sulfonamides is 1. The molecule has 0 aliphatic heterocycles. The van der Waals surface area contributed by atoms with Crippen molar-refractivity contribution in [2.24, 2.45) is 0 Å². The third-order valence-corrected chi connectivity index (χ3v) is 5.09. The Hall–Kier alpha value is -1.57. The lowest BCUT2D eigenvalue weighted by atomic mass is 10.3. The molecule has 0 heterocycles. The highest BCUT2D eigenvalue weighted by atomic mass is 79.9. The summed E-state index contributed by atoms with van der Waals surface area (Å²) in [5.41, 5.74) is 6.09. The summed E-state index contributed by atoms with van der Waals surface area (Å²) in [6, 6.07) is 13.8. The Labute approximate surface area is 132 Å². The molecule has 21 heavy (non-hydrogen) atoms. The summed E-state index contributed by atoms with van der Waals surface area (Å²) in [4.78, 5) is 0.149. The van der Waals surface area contributed by atoms with E-state index in [-0.39, 0.29) is 18.0 Å². The normalized spacial score (nSPS) is 11.3. The second-order valence-corrected chi connectivity index (χ2v) is 6.84. The summed E-state index contributed by atoms with van der Waals surface area (Å²) >= 11 is 3.20. The first-order valence-corrected chi connectivity index (χ1v) is 8.49. The predicted molar refractivity (Wildman–Crippen MR) is 85.7 cm³/mol. The number of nitrogens with one attached hydrogen (secondary N) is 1. The molecule has 7 heteroatoms. The third-order valence-electron chi connectivity index (χ3n) is 2.65. The number of hydrogen-bond acceptors (Lipinski definition) is 4. The molecule has 0 bridgehead atoms. The third kappa shape index (κ3) is 4.45. The molecule has 112 valence electrons. The van der Waals surface area contributed by atoms with Crippen molar-refractivity contribution in [3.05, 3.63) is 53.0 Å². The summed E-state index contributed by atoms with van der Waals surface area (Å²) in [5.74, 6) is 0.699. The molecule has 0 aromatic heterocycles. The first-order valence-electron chi connectivity index (χ1n) is 6.21. The zero-order valence-corrected chi connectivity index (χ0v) is 13.5. The number of nitrogens with two attached hydrogens (primary N) is 1. The average molecular weight is 371 g/mol. The van der Waals surface area contributed by atoms with E-state index in [0.29, 0.717) is 15.9 Å². The van der Waals surface area contributed by atoms with Crippen LogP contribution >= 0.6 is 15.9 Å². The molecule has 0 aliphatic rings. The van der Waals surface area contributed by atoms with Gasteiger partial charge in [0, 0.05) is 16.7 Å². The van der Waals surface area contributed by atoms with Crippen LogP contribution in [0.4, 0.5) is 5.69 Å². The molecule has 0 amide bonds. The zero-order chi connectivity index (χ0) is 15.3. The minimum Gasteiger partial charge on any atom is -0.492 e. The van der Waals surface area contributed by atoms with Gasteiger partial charge in [0.15, 0.2) is 0 Å². The molecule has 0 saturated carbocycles. The van der Waals surface area contributed by atoms with Crippen LogP contribution in [0.15, 0.2) is 57.9 Å². The molecule has 2 aromatic rings. The molecule has 2 rings (SSSR count). The van der Waals surface area contributed by atoms with E-state index in [9.17, 15) is 8.42 Å². The van der Waals surface area contributed by atoms with Crippen molar-refractivity contribution in [2.45, 2.75) is 4.90 Å². The van der Waals surface area contributed by atoms with Gasteiger partial charge >= 0.3 is 0 Å². The van der Waals surface area contributed by atoms with Gasteiger partial charge in [-0.05, 0) is 46.3 Å². The fraction of sp³-hybridized carbons (Fsp3) is 0.143. The van der Waals surface area contributed by atoms with E-state index in [4.69, 9.17) is 10.5 Å². The van der Waals surface area contributed by atoms with Crippen LogP contribution in [0, 0.1) is 0 Å². The maximum Gasteiger partial charge on any atom is 0.241 e. The number of halogens is 1. The molecule has 0 spiro atoms. The van der Waals surface area contributed by atoms with Crippen LogP contribution < -0.4 is 15.2 Å². The zero-order valence-electron chi connectivity index (χ0n) is 11.1. The highest BCUT2D eigenvalue weighted by molar-refractivity contribution is 9.10. The highest BCUT2D eigenvalue weighted by Gasteiger charge is 2.17. The molecule has 3 N–H and O–H groups in total. The van der Waals surface area contributed by atoms with Gasteiger partial charge in [-0.1, -0.05) is 18.2 Å². The van der Waals surface area contributed by atoms with Gasteiger partial charge in [0.2, 0.25) is 10.0 Å². The first kappa shape index (κ1) is 15.8. The van der Waals surface area contributed by atoms with Crippen LogP contribution in [0.3, 0.4) is 0 Å². The van der Waals surface area contributed by atoms with E-state index >= 15 is 0 Å². The van der Waals surface area contributed by atoms with Gasteiger partial charge in [0.05, 0.1) is 4.90 Å². The lowest BCUT2D eigenvalue weighted by Crippen LogP contribution is -2.28. The lowest BCUT2D eigenvalue weighted by Gasteiger charge is -2.10. The van der Waals surface area contributed by atoms with Crippen LogP contribution in [0.25, 0.3) is 0 Å². The number of nitrogen functional groups attached to an aromatic ring is 1. The Morgan fingerprint density at radius 2 is 1.86 bits per heavy atom. The van der Waals surface area contributed by atoms with Crippen molar-refractivity contribution in [2.75, 3.05) is 18.9 Å². The van der Waals surface area contributed by atoms with Gasteiger partial charge in [0.25, 0.3) is 0 Å². The number of hydrogen-bond donors (Lipinski definition) is 2. The number of para-hydroxylation sites is 1. The van der Waals surface area contributed by atoms with E-state index in [1.165, 1.54) is 6.07 Å². The molecular weight excluding hydrogens is 356 g/mol. The van der Waals surface area contributed by atoms with Crippen LogP contribution in [0.5, 0.6) is 5.75 Å². The number of ether oxygens (including phenoxy) is 1. The Morgan fingerprint density at radius 1 is 1.14 bits per heavy atom. The van der Waals surface area contributed by atoms with Crippen LogP contribution in [-0.4, -0.2) is 21.6 Å². The summed E-state index contributed by atoms with van der Waals surface area (Å²) in [7, 11) is -3.59. The van der Waals surface area contributed by atoms with Gasteiger partial charge < -0.3 is 10.5 Å². The van der Waals surface area contributed by atoms with Crippen LogP contribution in [-0.2, 0) is 10.0 Å². The number of anilines is 1. The highest BCUT2D eigenvalue weighted by Crippen LogP contribution is 2.23. The van der Waals surface area contributed by atoms with Gasteiger partial charge in [-0.25, -0.2) is 13.1 Å². The molecule has 0 radical (unpaired) electrons. The quantitative estimate of drug-likeness (QED) is 0.604. The van der Waals surface area contributed by atoms with E-state index in [0.717, 1.165) is 0 Å². The number of rotatable bonds is 6. The van der Waals surface area contributed by atoms with E-state index in [1.54, 1.807) is 12.1 Å². The fourth-order valence-corrected chi connectivity index (χ4v) is 3.78. The minimum absolute atomic E-state index is 0.149. The standard InChI is InChI=1S/C14H15BrN2O3S/c15-13-10-11(16)6-7-14(13)21(18,19)17-8-9-20-12-4-2-1-3-5-12/h1-7,10,17H,8-9,16H2. The van der Waals surface area contributed by atoms with Crippen molar-refractivity contribution < 1.29 is 13.2 Å². The summed E-state index contributed by atoms with van der Waals surface area (Å²) in [6.45, 7) is 0.421. The molecule has 5 nitrogen and oxygen atoms in total. The van der Waals surface area contributed by atoms with Crippen LogP contribution in [0.2, 0.25) is 0 Å². The topological polar surface area (TPSA) is 81.4 Å².